The number of anilines is 5. The standard InChI is InChI=1S/C24H34N2O4.C19H24BrNO4.C19H25NO5.C19H23NO5.C18H23NO4/c1-4-26(18-8-12-29-13-9-18)21-15-22-20(23(17(21)2)24(27)28-3)14-19(30-22)16-25-10-6-5-7-11-25;1-4-21(13-5-7-24-8-6-13)16-10-17-15(9-14(11-20)25-17)18(12(16)2)19(22)23-3;2*1-4-20(13-5-7-24-8-6-13)16-10-17-15(9-14(11-21)25-17)18(12(16)2)19(22)23-3;1-4-19(13-5-8-22-9-6-13)15-11-16-14(7-10-23-16)17(12(15)2)18(20)21-3/h14-15,18H,4-13,16H2,1-3H3;9-10,13H,4-8,11H2,1-3H3;9-10,13,21H,4-8,11H2,1-3H3;9-11,13H,4-8H2,1-3H3;7,10-11,13H,4-6,8-9H2,1-3H3. The number of piperidine rings is 1. The lowest BCUT2D eigenvalue weighted by Gasteiger charge is -2.36. The average Bonchev–Trinajstić information content (AvgIpc) is 1.58. The van der Waals surface area contributed by atoms with Gasteiger partial charge in [0.2, 0.25) is 0 Å². The summed E-state index contributed by atoms with van der Waals surface area (Å²) in [4.78, 5) is 87.6. The molecule has 1 N–H and O–H groups in total. The van der Waals surface area contributed by atoms with E-state index in [1.807, 2.05) is 71.0 Å². The first-order valence-electron chi connectivity index (χ1n) is 45.3. The SMILES string of the molecule is CCN(c1cc2oc(C=O)cc2c(C(=O)OC)c1C)C1CCOCC1.CCN(c1cc2oc(CBr)cc2c(C(=O)OC)c1C)C1CCOCC1.CCN(c1cc2oc(CN3CCCCC3)cc2c(C(=O)OC)c1C)C1CCOCC1.CCN(c1cc2oc(CO)cc2c(C(=O)OC)c1C)C1CCOCC1.CCN(c1cc2occc2c(C(=O)OC)c1C)C1CCOCC1. The van der Waals surface area contributed by atoms with E-state index in [-0.39, 0.29) is 30.3 Å². The number of hydrogen-bond acceptors (Lipinski definition) is 28. The summed E-state index contributed by atoms with van der Waals surface area (Å²) in [7, 11) is 7.02. The van der Waals surface area contributed by atoms with Crippen LogP contribution in [0.4, 0.5) is 28.4 Å². The van der Waals surface area contributed by atoms with Crippen LogP contribution in [-0.2, 0) is 65.9 Å². The zero-order valence-electron chi connectivity index (χ0n) is 77.2. The van der Waals surface area contributed by atoms with Crippen LogP contribution in [0, 0.1) is 34.6 Å². The summed E-state index contributed by atoms with van der Waals surface area (Å²) < 4.78 is 81.8. The number of alkyl halides is 1. The number of hydrogen-bond donors (Lipinski definition) is 1. The number of aliphatic hydroxyl groups excluding tert-OH is 1. The summed E-state index contributed by atoms with van der Waals surface area (Å²) >= 11 is 3.42. The van der Waals surface area contributed by atoms with E-state index in [1.54, 1.807) is 18.4 Å². The Kier molecular flexibility index (Phi) is 34.9. The number of esters is 5. The van der Waals surface area contributed by atoms with Crippen molar-refractivity contribution in [1.82, 2.24) is 4.90 Å². The number of furan rings is 5. The van der Waals surface area contributed by atoms with Crippen LogP contribution in [0.2, 0.25) is 0 Å². The molecule has 5 aromatic carbocycles. The van der Waals surface area contributed by atoms with Crippen molar-refractivity contribution in [3.63, 3.8) is 0 Å². The first-order chi connectivity index (χ1) is 62.1. The van der Waals surface area contributed by atoms with Gasteiger partial charge in [-0.1, -0.05) is 22.4 Å². The van der Waals surface area contributed by atoms with Gasteiger partial charge in [-0.3, -0.25) is 9.69 Å². The molecule has 0 bridgehead atoms. The zero-order valence-corrected chi connectivity index (χ0v) is 78.8. The van der Waals surface area contributed by atoms with Gasteiger partial charge in [0.25, 0.3) is 0 Å². The van der Waals surface area contributed by atoms with Gasteiger partial charge in [-0.25, -0.2) is 24.0 Å². The number of fused-ring (bicyclic) bond motifs is 5. The average molecular weight is 1840 g/mol. The van der Waals surface area contributed by atoms with E-state index in [0.29, 0.717) is 97.3 Å². The number of carbonyl (C=O) groups is 6. The minimum absolute atomic E-state index is 0.200. The van der Waals surface area contributed by atoms with Crippen molar-refractivity contribution in [1.29, 1.82) is 0 Å². The Morgan fingerprint density at radius 3 is 0.953 bits per heavy atom. The first-order valence-corrected chi connectivity index (χ1v) is 46.5. The van der Waals surface area contributed by atoms with E-state index >= 15 is 0 Å². The molecule has 0 aliphatic carbocycles. The highest BCUT2D eigenvalue weighted by Crippen LogP contribution is 2.43. The number of likely N-dealkylation sites (tertiary alicyclic amines) is 1. The molecule has 0 saturated carbocycles. The van der Waals surface area contributed by atoms with Crippen molar-refractivity contribution in [2.45, 2.75) is 201 Å². The largest absolute Gasteiger partial charge is 0.465 e. The van der Waals surface area contributed by atoms with Crippen molar-refractivity contribution in [2.75, 3.05) is 172 Å². The number of nitrogens with zero attached hydrogens (tertiary/aromatic N) is 6. The first kappa shape index (κ1) is 97.1. The Bertz CT molecular complexity index is 5300. The van der Waals surface area contributed by atoms with Crippen LogP contribution in [0.1, 0.15) is 226 Å². The number of rotatable bonds is 25. The maximum absolute atomic E-state index is 12.8. The minimum Gasteiger partial charge on any atom is -0.465 e. The summed E-state index contributed by atoms with van der Waals surface area (Å²) in [5, 5.41) is 13.8. The molecular formula is C99H129BrN6O22. The number of aliphatic hydroxyl groups is 1. The van der Waals surface area contributed by atoms with E-state index < -0.39 is 11.9 Å². The number of methoxy groups -OCH3 is 5. The van der Waals surface area contributed by atoms with Gasteiger partial charge in [0.1, 0.15) is 51.8 Å². The molecule has 11 heterocycles. The molecule has 0 amide bonds. The predicted molar refractivity (Wildman–Crippen MR) is 499 cm³/mol. The second kappa shape index (κ2) is 46.0. The number of ether oxygens (including phenoxy) is 10. The van der Waals surface area contributed by atoms with E-state index in [2.05, 4.69) is 92.1 Å². The third-order valence-electron chi connectivity index (χ3n) is 26.0. The molecule has 0 unspecified atom stereocenters. The summed E-state index contributed by atoms with van der Waals surface area (Å²) in [6.45, 7) is 35.2. The van der Waals surface area contributed by atoms with Gasteiger partial charge in [0.05, 0.1) is 81.5 Å². The summed E-state index contributed by atoms with van der Waals surface area (Å²) in [5.41, 5.74) is 15.7. The van der Waals surface area contributed by atoms with Gasteiger partial charge in [0.15, 0.2) is 12.0 Å². The highest BCUT2D eigenvalue weighted by atomic mass is 79.9. The van der Waals surface area contributed by atoms with Gasteiger partial charge >= 0.3 is 29.8 Å². The maximum Gasteiger partial charge on any atom is 0.338 e. The van der Waals surface area contributed by atoms with Crippen LogP contribution < -0.4 is 24.5 Å². The van der Waals surface area contributed by atoms with Gasteiger partial charge in [-0.05, 0) is 218 Å². The molecule has 16 rings (SSSR count). The van der Waals surface area contributed by atoms with Gasteiger partial charge in [0, 0.05) is 215 Å². The van der Waals surface area contributed by atoms with Crippen LogP contribution >= 0.6 is 15.9 Å². The molecule has 10 aromatic rings. The third kappa shape index (κ3) is 21.7. The molecule has 0 spiro atoms. The molecule has 128 heavy (non-hydrogen) atoms. The van der Waals surface area contributed by atoms with Crippen molar-refractivity contribution in [3.05, 3.63) is 146 Å². The summed E-state index contributed by atoms with van der Waals surface area (Å²) in [6.07, 6.45) is 15.8. The quantitative estimate of drug-likeness (QED) is 0.0240. The lowest BCUT2D eigenvalue weighted by molar-refractivity contribution is 0.0593. The molecule has 6 aliphatic rings. The van der Waals surface area contributed by atoms with Crippen molar-refractivity contribution in [2.24, 2.45) is 0 Å². The number of halogens is 1. The van der Waals surface area contributed by atoms with Crippen LogP contribution in [0.3, 0.4) is 0 Å². The molecule has 28 nitrogen and oxygen atoms in total. The summed E-state index contributed by atoms with van der Waals surface area (Å²) in [6, 6.07) is 21.1. The van der Waals surface area contributed by atoms with E-state index in [1.165, 1.54) is 54.8 Å². The Balaban J connectivity index is 0.000000146. The van der Waals surface area contributed by atoms with Gasteiger partial charge in [-0.2, -0.15) is 0 Å². The van der Waals surface area contributed by atoms with Crippen molar-refractivity contribution >= 4 is 135 Å². The molecule has 5 aromatic heterocycles. The molecule has 29 heteroatoms. The fourth-order valence-electron chi connectivity index (χ4n) is 19.5. The number of benzene rings is 5. The van der Waals surface area contributed by atoms with Crippen LogP contribution in [-0.4, -0.2) is 224 Å². The lowest BCUT2D eigenvalue weighted by atomic mass is 9.98. The topological polar surface area (TPSA) is 300 Å². The fourth-order valence-corrected chi connectivity index (χ4v) is 19.8. The Morgan fingerprint density at radius 1 is 0.383 bits per heavy atom. The van der Waals surface area contributed by atoms with Crippen LogP contribution in [0.15, 0.2) is 89.0 Å². The number of carbonyl (C=O) groups excluding carboxylic acids is 6. The van der Waals surface area contributed by atoms with Crippen LogP contribution in [0.25, 0.3) is 54.8 Å². The lowest BCUT2D eigenvalue weighted by Crippen LogP contribution is -2.40. The third-order valence-corrected chi connectivity index (χ3v) is 26.5. The van der Waals surface area contributed by atoms with Gasteiger partial charge in [-0.15, -0.1) is 0 Å². The fraction of sp³-hybridized carbons (Fsp3) is 0.535. The molecule has 694 valence electrons. The summed E-state index contributed by atoms with van der Waals surface area (Å²) in [5.74, 6) is 0.592. The molecule has 6 saturated heterocycles. The van der Waals surface area contributed by atoms with E-state index in [4.69, 9.17) is 69.5 Å². The predicted octanol–water partition coefficient (Wildman–Crippen LogP) is 18.9. The zero-order chi connectivity index (χ0) is 91.4. The minimum atomic E-state index is -0.425. The molecule has 0 atom stereocenters. The van der Waals surface area contributed by atoms with Crippen molar-refractivity contribution in [3.8, 4) is 0 Å². The smallest absolute Gasteiger partial charge is 0.338 e. The highest BCUT2D eigenvalue weighted by Gasteiger charge is 2.35. The van der Waals surface area contributed by atoms with Gasteiger partial charge < -0.3 is 99.1 Å². The van der Waals surface area contributed by atoms with Crippen molar-refractivity contribution < 1.29 is 103 Å². The van der Waals surface area contributed by atoms with Crippen LogP contribution in [0.5, 0.6) is 0 Å². The Morgan fingerprint density at radius 2 is 0.656 bits per heavy atom. The molecular weight excluding hydrogens is 1710 g/mol. The maximum atomic E-state index is 12.8. The normalized spacial score (nSPS) is 16.3. The Labute approximate surface area is 758 Å². The molecule has 0 radical (unpaired) electrons. The second-order valence-electron chi connectivity index (χ2n) is 33.1. The molecule has 6 fully saturated rings. The monoisotopic (exact) mass is 1830 g/mol. The molecule has 6 aliphatic heterocycles. The Hall–Kier alpha value is -9.98. The second-order valence-corrected chi connectivity index (χ2v) is 33.7. The van der Waals surface area contributed by atoms with E-state index in [9.17, 15) is 33.9 Å². The highest BCUT2D eigenvalue weighted by molar-refractivity contribution is 9.08. The van der Waals surface area contributed by atoms with E-state index in [0.717, 1.165) is 283 Å². The number of aldehydes is 1.